The fraction of sp³-hybridized carbons (Fsp3) is 0.103. The van der Waals surface area contributed by atoms with Crippen LogP contribution >= 0.6 is 0 Å². The molecule has 6 heteroatoms. The molecule has 6 rings (SSSR count). The minimum Gasteiger partial charge on any atom is -0.508 e. The van der Waals surface area contributed by atoms with E-state index in [0.29, 0.717) is 6.54 Å². The van der Waals surface area contributed by atoms with Crippen LogP contribution in [0.5, 0.6) is 5.75 Å². The summed E-state index contributed by atoms with van der Waals surface area (Å²) in [6.45, 7) is 2.57. The minimum absolute atomic E-state index is 0.00497. The van der Waals surface area contributed by atoms with Gasteiger partial charge >= 0.3 is 0 Å². The Morgan fingerprint density at radius 3 is 2.60 bits per heavy atom. The molecule has 0 atom stereocenters. The molecular weight excluding hydrogens is 438 g/mol. The van der Waals surface area contributed by atoms with Gasteiger partial charge in [-0.1, -0.05) is 42.5 Å². The van der Waals surface area contributed by atoms with Crippen LogP contribution in [0.1, 0.15) is 27.0 Å². The predicted molar refractivity (Wildman–Crippen MR) is 137 cm³/mol. The van der Waals surface area contributed by atoms with E-state index >= 15 is 0 Å². The van der Waals surface area contributed by atoms with Gasteiger partial charge in [0.05, 0.1) is 24.0 Å². The number of carbonyl (C=O) groups is 2. The van der Waals surface area contributed by atoms with E-state index in [4.69, 9.17) is 5.73 Å². The first-order chi connectivity index (χ1) is 16.9. The molecule has 0 aliphatic carbocycles. The summed E-state index contributed by atoms with van der Waals surface area (Å²) in [6.07, 6.45) is 0.106. The largest absolute Gasteiger partial charge is 0.508 e. The molecular formula is C29H23N3O3. The number of rotatable bonds is 4. The van der Waals surface area contributed by atoms with E-state index in [0.717, 1.165) is 60.9 Å². The maximum Gasteiger partial charge on any atom is 0.258 e. The Hall–Kier alpha value is -4.58. The molecule has 6 nitrogen and oxygen atoms in total. The first-order valence-corrected chi connectivity index (χ1v) is 11.5. The summed E-state index contributed by atoms with van der Waals surface area (Å²) in [5.41, 5.74) is 13.5. The fourth-order valence-corrected chi connectivity index (χ4v) is 5.27. The second kappa shape index (κ2) is 7.74. The number of aromatic hydroxyl groups is 1. The van der Waals surface area contributed by atoms with Gasteiger partial charge in [-0.15, -0.1) is 0 Å². The Bertz CT molecular complexity index is 1680. The molecule has 0 fully saturated rings. The molecule has 0 saturated carbocycles. The van der Waals surface area contributed by atoms with Crippen LogP contribution in [0, 0.1) is 6.92 Å². The number of fused-ring (bicyclic) bond motifs is 4. The van der Waals surface area contributed by atoms with Crippen molar-refractivity contribution in [1.29, 1.82) is 0 Å². The molecule has 4 N–H and O–H groups in total. The van der Waals surface area contributed by atoms with Gasteiger partial charge in [-0.05, 0) is 59.0 Å². The van der Waals surface area contributed by atoms with Crippen LogP contribution < -0.4 is 10.6 Å². The molecule has 1 aromatic heterocycles. The number of benzene rings is 4. The van der Waals surface area contributed by atoms with Crippen LogP contribution in [-0.4, -0.2) is 21.9 Å². The topological polar surface area (TPSA) is 99.4 Å². The molecule has 2 amide bonds. The molecule has 1 aliphatic rings. The minimum atomic E-state index is -0.411. The number of hydrogen-bond donors (Lipinski definition) is 3. The van der Waals surface area contributed by atoms with Crippen LogP contribution in [0.4, 0.5) is 5.69 Å². The lowest BCUT2D eigenvalue weighted by molar-refractivity contribution is -0.117. The zero-order chi connectivity index (χ0) is 24.3. The number of H-pyrrole nitrogens is 1. The van der Waals surface area contributed by atoms with Crippen molar-refractivity contribution < 1.29 is 14.7 Å². The number of amides is 2. The maximum absolute atomic E-state index is 13.2. The van der Waals surface area contributed by atoms with Gasteiger partial charge in [0.25, 0.3) is 5.91 Å². The lowest BCUT2D eigenvalue weighted by Gasteiger charge is -2.21. The highest BCUT2D eigenvalue weighted by molar-refractivity contribution is 6.16. The molecule has 0 unspecified atom stereocenters. The van der Waals surface area contributed by atoms with Gasteiger partial charge in [-0.3, -0.25) is 9.59 Å². The lowest BCUT2D eigenvalue weighted by Crippen LogP contribution is -2.24. The van der Waals surface area contributed by atoms with Gasteiger partial charge in [0.1, 0.15) is 5.75 Å². The third-order valence-corrected chi connectivity index (χ3v) is 6.90. The van der Waals surface area contributed by atoms with Crippen molar-refractivity contribution in [1.82, 2.24) is 4.98 Å². The number of nitrogens with one attached hydrogen (secondary N) is 1. The molecule has 0 spiro atoms. The molecule has 1 aliphatic heterocycles. The second-order valence-electron chi connectivity index (χ2n) is 9.02. The van der Waals surface area contributed by atoms with E-state index < -0.39 is 5.91 Å². The average molecular weight is 462 g/mol. The van der Waals surface area contributed by atoms with Crippen molar-refractivity contribution in [2.75, 3.05) is 4.90 Å². The smallest absolute Gasteiger partial charge is 0.258 e. The van der Waals surface area contributed by atoms with Crippen LogP contribution in [0.2, 0.25) is 0 Å². The number of nitrogens with zero attached hydrogens (tertiary/aromatic N) is 1. The van der Waals surface area contributed by atoms with Crippen molar-refractivity contribution in [3.63, 3.8) is 0 Å². The van der Waals surface area contributed by atoms with Crippen molar-refractivity contribution in [3.05, 3.63) is 95.1 Å². The van der Waals surface area contributed by atoms with E-state index in [1.54, 1.807) is 12.1 Å². The third-order valence-electron chi connectivity index (χ3n) is 6.90. The first-order valence-electron chi connectivity index (χ1n) is 11.5. The normalized spacial score (nSPS) is 13.1. The Labute approximate surface area is 201 Å². The monoisotopic (exact) mass is 461 g/mol. The van der Waals surface area contributed by atoms with Gasteiger partial charge in [-0.2, -0.15) is 0 Å². The third kappa shape index (κ3) is 3.26. The van der Waals surface area contributed by atoms with Gasteiger partial charge in [0.15, 0.2) is 0 Å². The van der Waals surface area contributed by atoms with Crippen LogP contribution in [0.25, 0.3) is 32.9 Å². The molecule has 4 aromatic carbocycles. The summed E-state index contributed by atoms with van der Waals surface area (Å²) in [4.78, 5) is 30.1. The van der Waals surface area contributed by atoms with Gasteiger partial charge in [0, 0.05) is 28.1 Å². The SMILES string of the molecule is Cc1c(-c2ccc(CC(N)=O)c3[nH]c4cc(O)ccc4c23)cccc1N1Cc2ccccc2C1=O. The Kier molecular flexibility index (Phi) is 4.64. The van der Waals surface area contributed by atoms with Gasteiger partial charge < -0.3 is 20.7 Å². The van der Waals surface area contributed by atoms with Crippen LogP contribution in [0.15, 0.2) is 72.8 Å². The van der Waals surface area contributed by atoms with E-state index in [1.165, 1.54) is 0 Å². The first kappa shape index (κ1) is 21.0. The summed E-state index contributed by atoms with van der Waals surface area (Å²) in [5, 5.41) is 11.9. The summed E-state index contributed by atoms with van der Waals surface area (Å²) < 4.78 is 0. The number of primary amides is 1. The molecule has 172 valence electrons. The highest BCUT2D eigenvalue weighted by atomic mass is 16.3. The number of anilines is 1. The highest BCUT2D eigenvalue weighted by Gasteiger charge is 2.29. The van der Waals surface area contributed by atoms with Crippen LogP contribution in [0.3, 0.4) is 0 Å². The zero-order valence-corrected chi connectivity index (χ0v) is 19.1. The van der Waals surface area contributed by atoms with E-state index in [-0.39, 0.29) is 18.1 Å². The number of phenols is 1. The van der Waals surface area contributed by atoms with E-state index in [9.17, 15) is 14.7 Å². The predicted octanol–water partition coefficient (Wildman–Crippen LogP) is 5.19. The van der Waals surface area contributed by atoms with Crippen molar-refractivity contribution in [2.24, 2.45) is 5.73 Å². The number of hydrogen-bond acceptors (Lipinski definition) is 3. The molecule has 2 heterocycles. The number of nitrogens with two attached hydrogens (primary N) is 1. The Morgan fingerprint density at radius 1 is 1.00 bits per heavy atom. The van der Waals surface area contributed by atoms with E-state index in [1.807, 2.05) is 72.5 Å². The quantitative estimate of drug-likeness (QED) is 0.343. The maximum atomic E-state index is 13.2. The Balaban J connectivity index is 1.56. The molecule has 0 bridgehead atoms. The average Bonchev–Trinajstić information content (AvgIpc) is 3.38. The van der Waals surface area contributed by atoms with Gasteiger partial charge in [0.2, 0.25) is 5.91 Å². The summed E-state index contributed by atoms with van der Waals surface area (Å²) in [6, 6.07) is 22.9. The number of aromatic amines is 1. The van der Waals surface area contributed by atoms with Crippen molar-refractivity contribution in [3.8, 4) is 16.9 Å². The van der Waals surface area contributed by atoms with Crippen molar-refractivity contribution >= 4 is 39.3 Å². The summed E-state index contributed by atoms with van der Waals surface area (Å²) in [5.74, 6) is -0.247. The standard InChI is InChI=1S/C29H23N3O3/c1-16-20(7-4-8-25(16)32-15-18-5-2-3-6-21(18)29(32)35)22-11-9-17(13-26(30)34)28-27(22)23-12-10-19(33)14-24(23)31-28/h2-12,14,31,33H,13,15H2,1H3,(H2,30,34). The van der Waals surface area contributed by atoms with Gasteiger partial charge in [-0.25, -0.2) is 0 Å². The lowest BCUT2D eigenvalue weighted by atomic mass is 9.92. The number of carbonyl (C=O) groups excluding carboxylic acids is 2. The van der Waals surface area contributed by atoms with E-state index in [2.05, 4.69) is 4.98 Å². The highest BCUT2D eigenvalue weighted by Crippen LogP contribution is 2.41. The molecule has 35 heavy (non-hydrogen) atoms. The second-order valence-corrected chi connectivity index (χ2v) is 9.02. The van der Waals surface area contributed by atoms with Crippen LogP contribution in [-0.2, 0) is 17.8 Å². The molecule has 0 saturated heterocycles. The number of aromatic nitrogens is 1. The van der Waals surface area contributed by atoms with Crippen molar-refractivity contribution in [2.45, 2.75) is 19.9 Å². The molecule has 5 aromatic rings. The number of phenolic OH excluding ortho intramolecular Hbond substituents is 1. The summed E-state index contributed by atoms with van der Waals surface area (Å²) in [7, 11) is 0. The zero-order valence-electron chi connectivity index (χ0n) is 19.1. The molecule has 0 radical (unpaired) electrons. The fourth-order valence-electron chi connectivity index (χ4n) is 5.27. The summed E-state index contributed by atoms with van der Waals surface area (Å²) >= 11 is 0. The Morgan fingerprint density at radius 2 is 1.80 bits per heavy atom.